The first-order chi connectivity index (χ1) is 15.1. The summed E-state index contributed by atoms with van der Waals surface area (Å²) in [5, 5.41) is 14.2. The van der Waals surface area contributed by atoms with Crippen molar-refractivity contribution in [2.45, 2.75) is 53.2 Å². The second-order valence-electron chi connectivity index (χ2n) is 9.70. The maximum atomic E-state index is 12.9. The summed E-state index contributed by atoms with van der Waals surface area (Å²) in [7, 11) is -1.05. The SMILES string of the molecule is O=[S@]1c2c(NC3(CO)CCC3)nc(N3CC4C(C3)C4c3ncc(Cl)cn3)nc2C2CC21. The number of halogens is 1. The third kappa shape index (κ3) is 2.72. The zero-order valence-electron chi connectivity index (χ0n) is 16.9. The van der Waals surface area contributed by atoms with Crippen LogP contribution in [0.15, 0.2) is 17.3 Å². The van der Waals surface area contributed by atoms with Gasteiger partial charge in [0.15, 0.2) is 0 Å². The quantitative estimate of drug-likeness (QED) is 0.701. The van der Waals surface area contributed by atoms with Crippen LogP contribution in [0.5, 0.6) is 0 Å². The summed E-state index contributed by atoms with van der Waals surface area (Å²) < 4.78 is 12.9. The molecule has 4 heterocycles. The predicted molar refractivity (Wildman–Crippen MR) is 116 cm³/mol. The first kappa shape index (κ1) is 18.7. The molecule has 0 aromatic carbocycles. The molecule has 162 valence electrons. The summed E-state index contributed by atoms with van der Waals surface area (Å²) in [4.78, 5) is 21.6. The van der Waals surface area contributed by atoms with E-state index < -0.39 is 10.8 Å². The summed E-state index contributed by atoms with van der Waals surface area (Å²) in [5.74, 6) is 3.98. The summed E-state index contributed by atoms with van der Waals surface area (Å²) in [6, 6.07) is 0. The molecule has 2 aliphatic heterocycles. The molecule has 4 unspecified atom stereocenters. The van der Waals surface area contributed by atoms with Crippen molar-refractivity contribution in [1.29, 1.82) is 0 Å². The van der Waals surface area contributed by atoms with Crippen molar-refractivity contribution in [2.24, 2.45) is 11.8 Å². The lowest BCUT2D eigenvalue weighted by molar-refractivity contribution is 0.143. The van der Waals surface area contributed by atoms with Gasteiger partial charge in [0.05, 0.1) is 33.7 Å². The second-order valence-corrected chi connectivity index (χ2v) is 11.7. The van der Waals surface area contributed by atoms with Gasteiger partial charge in [0, 0.05) is 42.6 Å². The van der Waals surface area contributed by atoms with Crippen LogP contribution in [0.3, 0.4) is 0 Å². The van der Waals surface area contributed by atoms with E-state index in [-0.39, 0.29) is 17.4 Å². The van der Waals surface area contributed by atoms with Crippen LogP contribution in [-0.4, -0.2) is 59.7 Å². The maximum Gasteiger partial charge on any atom is 0.227 e. The number of nitrogens with zero attached hydrogens (tertiary/aromatic N) is 5. The minimum absolute atomic E-state index is 0.0667. The van der Waals surface area contributed by atoms with Gasteiger partial charge in [0.25, 0.3) is 0 Å². The minimum Gasteiger partial charge on any atom is -0.394 e. The third-order valence-corrected chi connectivity index (χ3v) is 9.92. The average molecular weight is 459 g/mol. The van der Waals surface area contributed by atoms with Gasteiger partial charge in [-0.15, -0.1) is 0 Å². The van der Waals surface area contributed by atoms with E-state index in [1.165, 1.54) is 0 Å². The highest BCUT2D eigenvalue weighted by molar-refractivity contribution is 7.86. The van der Waals surface area contributed by atoms with E-state index in [4.69, 9.17) is 21.6 Å². The molecule has 4 fully saturated rings. The van der Waals surface area contributed by atoms with E-state index in [1.54, 1.807) is 12.4 Å². The lowest BCUT2D eigenvalue weighted by Gasteiger charge is -2.41. The molecule has 3 saturated carbocycles. The van der Waals surface area contributed by atoms with Crippen molar-refractivity contribution < 1.29 is 9.32 Å². The Morgan fingerprint density at radius 1 is 1.23 bits per heavy atom. The van der Waals surface area contributed by atoms with Gasteiger partial charge in [0.2, 0.25) is 5.95 Å². The van der Waals surface area contributed by atoms with Crippen LogP contribution >= 0.6 is 11.6 Å². The Bertz CT molecular complexity index is 1090. The van der Waals surface area contributed by atoms with E-state index in [0.29, 0.717) is 34.5 Å². The Hall–Kier alpha value is -1.84. The summed E-state index contributed by atoms with van der Waals surface area (Å²) in [6.07, 6.45) is 7.21. The van der Waals surface area contributed by atoms with Gasteiger partial charge in [-0.1, -0.05) is 11.6 Å². The molecule has 0 radical (unpaired) electrons. The highest BCUT2D eigenvalue weighted by Crippen LogP contribution is 2.59. The van der Waals surface area contributed by atoms with Crippen molar-refractivity contribution in [1.82, 2.24) is 19.9 Å². The van der Waals surface area contributed by atoms with E-state index >= 15 is 0 Å². The number of piperidine rings is 1. The minimum atomic E-state index is -1.05. The number of rotatable bonds is 5. The fourth-order valence-electron chi connectivity index (χ4n) is 5.72. The van der Waals surface area contributed by atoms with Gasteiger partial charge < -0.3 is 15.3 Å². The van der Waals surface area contributed by atoms with E-state index in [1.807, 2.05) is 0 Å². The molecule has 1 saturated heterocycles. The fourth-order valence-corrected chi connectivity index (χ4v) is 7.62. The largest absolute Gasteiger partial charge is 0.394 e. The number of aliphatic hydroxyl groups is 1. The Kier molecular flexibility index (Phi) is 3.84. The molecule has 8 nitrogen and oxygen atoms in total. The molecule has 31 heavy (non-hydrogen) atoms. The predicted octanol–water partition coefficient (Wildman–Crippen LogP) is 2.07. The van der Waals surface area contributed by atoms with Gasteiger partial charge in [0.1, 0.15) is 16.5 Å². The summed E-state index contributed by atoms with van der Waals surface area (Å²) in [6.45, 7) is 1.82. The van der Waals surface area contributed by atoms with Crippen molar-refractivity contribution in [3.05, 3.63) is 28.9 Å². The summed E-state index contributed by atoms with van der Waals surface area (Å²) >= 11 is 5.93. The molecule has 2 N–H and O–H groups in total. The molecule has 0 bridgehead atoms. The first-order valence-electron chi connectivity index (χ1n) is 11.0. The van der Waals surface area contributed by atoms with E-state index in [9.17, 15) is 9.32 Å². The van der Waals surface area contributed by atoms with E-state index in [0.717, 1.165) is 61.1 Å². The Labute approximate surface area is 187 Å². The zero-order valence-corrected chi connectivity index (χ0v) is 18.4. The summed E-state index contributed by atoms with van der Waals surface area (Å²) in [5.41, 5.74) is 0.627. The van der Waals surface area contributed by atoms with Crippen molar-refractivity contribution in [3.8, 4) is 0 Å². The number of hydrogen-bond donors (Lipinski definition) is 2. The van der Waals surface area contributed by atoms with Gasteiger partial charge in [-0.3, -0.25) is 4.21 Å². The van der Waals surface area contributed by atoms with Gasteiger partial charge in [-0.2, -0.15) is 4.98 Å². The number of hydrogen-bond acceptors (Lipinski definition) is 8. The van der Waals surface area contributed by atoms with Crippen LogP contribution < -0.4 is 10.2 Å². The second kappa shape index (κ2) is 6.36. The van der Waals surface area contributed by atoms with Gasteiger partial charge in [-0.25, -0.2) is 15.0 Å². The average Bonchev–Trinajstić information content (AvgIpc) is 3.61. The fraction of sp³-hybridized carbons (Fsp3) is 0.619. The molecule has 5 aliphatic rings. The van der Waals surface area contributed by atoms with Crippen LogP contribution in [0.25, 0.3) is 0 Å². The van der Waals surface area contributed by atoms with Gasteiger partial charge >= 0.3 is 0 Å². The molecule has 7 rings (SSSR count). The Morgan fingerprint density at radius 2 is 1.97 bits per heavy atom. The topological polar surface area (TPSA) is 104 Å². The normalized spacial score (nSPS) is 35.7. The standard InChI is InChI=1S/C21H23ClN6O2S/c22-10-5-23-18(24-6-10)15-12-7-28(8-13(12)15)20-25-16-11-4-14(11)31(30)17(16)19(26-20)27-21(9-29)2-1-3-21/h5-6,11-15,29H,1-4,7-9H2,(H,25,26,27)/t11?,12?,13?,14?,15?,31-/m1/s1. The van der Waals surface area contributed by atoms with Crippen LogP contribution in [0.4, 0.5) is 11.8 Å². The van der Waals surface area contributed by atoms with Crippen LogP contribution in [0.2, 0.25) is 5.02 Å². The molecular formula is C21H23ClN6O2S. The monoisotopic (exact) mass is 458 g/mol. The Morgan fingerprint density at radius 3 is 2.61 bits per heavy atom. The molecule has 10 heteroatoms. The van der Waals surface area contributed by atoms with Crippen molar-refractivity contribution in [2.75, 3.05) is 29.9 Å². The number of aromatic nitrogens is 4. The molecule has 2 aromatic rings. The molecule has 0 spiro atoms. The lowest BCUT2D eigenvalue weighted by atomic mass is 9.77. The number of aliphatic hydroxyl groups excluding tert-OH is 1. The lowest BCUT2D eigenvalue weighted by Crippen LogP contribution is -2.48. The highest BCUT2D eigenvalue weighted by Gasteiger charge is 2.59. The number of nitrogens with one attached hydrogen (secondary N) is 1. The van der Waals surface area contributed by atoms with Crippen LogP contribution in [0.1, 0.15) is 49.0 Å². The zero-order chi connectivity index (χ0) is 20.9. The molecule has 5 atom stereocenters. The highest BCUT2D eigenvalue weighted by atomic mass is 35.5. The van der Waals surface area contributed by atoms with Crippen molar-refractivity contribution >= 4 is 34.2 Å². The number of anilines is 2. The van der Waals surface area contributed by atoms with Crippen molar-refractivity contribution in [3.63, 3.8) is 0 Å². The Balaban J connectivity index is 1.17. The first-order valence-corrected chi connectivity index (χ1v) is 12.6. The molecule has 3 aliphatic carbocycles. The molecular weight excluding hydrogens is 436 g/mol. The smallest absolute Gasteiger partial charge is 0.227 e. The maximum absolute atomic E-state index is 12.9. The molecule has 0 amide bonds. The molecule has 2 aromatic heterocycles. The van der Waals surface area contributed by atoms with E-state index in [2.05, 4.69) is 20.2 Å². The number of fused-ring (bicyclic) bond motifs is 4. The van der Waals surface area contributed by atoms with Crippen LogP contribution in [-0.2, 0) is 10.8 Å². The third-order valence-electron chi connectivity index (χ3n) is 7.85. The van der Waals surface area contributed by atoms with Gasteiger partial charge in [-0.05, 0) is 37.5 Å². The van der Waals surface area contributed by atoms with Crippen LogP contribution in [0, 0.1) is 11.8 Å².